The molecule has 0 radical (unpaired) electrons. The van der Waals surface area contributed by atoms with E-state index in [0.717, 1.165) is 72.8 Å². The number of benzene rings is 3. The number of hydrogen-bond acceptors (Lipinski definition) is 5. The Balaban J connectivity index is 1.68. The second-order valence-electron chi connectivity index (χ2n) is 9.76. The maximum atomic E-state index is 13.5. The summed E-state index contributed by atoms with van der Waals surface area (Å²) in [5.74, 6) is 0.850. The molecule has 0 spiro atoms. The number of anilines is 1. The standard InChI is InChI=1S/C31H37N3O2/c1-32(2)23-25-10-7-9-24(21-25)13-16-30(35)28-15-14-26(27-11-5-6-12-31(27)36-4)22-29(28)34-18-8-17-33(3)19-20-34/h5-7,9-16,21-22H,8,17-20,23H2,1-4H3/b16-13+. The van der Waals surface area contributed by atoms with Gasteiger partial charge in [0, 0.05) is 43.0 Å². The van der Waals surface area contributed by atoms with Crippen molar-refractivity contribution in [2.24, 2.45) is 0 Å². The van der Waals surface area contributed by atoms with Crippen LogP contribution in [-0.4, -0.2) is 70.0 Å². The Morgan fingerprint density at radius 2 is 1.81 bits per heavy atom. The first-order chi connectivity index (χ1) is 17.4. The Morgan fingerprint density at radius 3 is 2.61 bits per heavy atom. The molecule has 3 aromatic rings. The number of ether oxygens (including phenoxy) is 1. The van der Waals surface area contributed by atoms with E-state index in [9.17, 15) is 4.79 Å². The predicted octanol–water partition coefficient (Wildman–Crippen LogP) is 5.46. The zero-order valence-electron chi connectivity index (χ0n) is 21.9. The fourth-order valence-corrected chi connectivity index (χ4v) is 4.76. The molecule has 188 valence electrons. The van der Waals surface area contributed by atoms with E-state index in [1.807, 2.05) is 48.5 Å². The highest BCUT2D eigenvalue weighted by atomic mass is 16.5. The molecule has 1 saturated heterocycles. The van der Waals surface area contributed by atoms with Gasteiger partial charge < -0.3 is 19.4 Å². The minimum Gasteiger partial charge on any atom is -0.496 e. The van der Waals surface area contributed by atoms with E-state index in [0.29, 0.717) is 0 Å². The molecule has 5 heteroatoms. The molecule has 1 fully saturated rings. The van der Waals surface area contributed by atoms with E-state index in [1.165, 1.54) is 5.56 Å². The summed E-state index contributed by atoms with van der Waals surface area (Å²) in [6.07, 6.45) is 4.70. The number of nitrogens with zero attached hydrogens (tertiary/aromatic N) is 3. The van der Waals surface area contributed by atoms with Crippen molar-refractivity contribution in [2.45, 2.75) is 13.0 Å². The number of methoxy groups -OCH3 is 1. The average Bonchev–Trinajstić information content (AvgIpc) is 3.11. The lowest BCUT2D eigenvalue weighted by molar-refractivity contribution is 0.104. The number of likely N-dealkylation sites (N-methyl/N-ethyl adjacent to an activating group) is 1. The largest absolute Gasteiger partial charge is 0.496 e. The van der Waals surface area contributed by atoms with Crippen molar-refractivity contribution < 1.29 is 9.53 Å². The summed E-state index contributed by atoms with van der Waals surface area (Å²) in [4.78, 5) is 20.4. The first-order valence-electron chi connectivity index (χ1n) is 12.6. The average molecular weight is 484 g/mol. The summed E-state index contributed by atoms with van der Waals surface area (Å²) in [5, 5.41) is 0. The molecule has 0 amide bonds. The van der Waals surface area contributed by atoms with Crippen LogP contribution in [0.5, 0.6) is 5.75 Å². The normalized spacial score (nSPS) is 14.9. The molecule has 0 N–H and O–H groups in total. The third-order valence-electron chi connectivity index (χ3n) is 6.62. The topological polar surface area (TPSA) is 36.0 Å². The third kappa shape index (κ3) is 6.42. The maximum Gasteiger partial charge on any atom is 0.187 e. The molecule has 0 atom stereocenters. The molecule has 3 aromatic carbocycles. The Labute approximate surface area is 215 Å². The lowest BCUT2D eigenvalue weighted by Gasteiger charge is -2.26. The highest BCUT2D eigenvalue weighted by Crippen LogP contribution is 2.34. The van der Waals surface area contributed by atoms with Gasteiger partial charge in [0.15, 0.2) is 5.78 Å². The number of ketones is 1. The number of rotatable bonds is 8. The van der Waals surface area contributed by atoms with E-state index >= 15 is 0 Å². The van der Waals surface area contributed by atoms with Gasteiger partial charge in [0.1, 0.15) is 5.75 Å². The Kier molecular flexibility index (Phi) is 8.57. The second-order valence-corrected chi connectivity index (χ2v) is 9.76. The van der Waals surface area contributed by atoms with E-state index in [1.54, 1.807) is 13.2 Å². The van der Waals surface area contributed by atoms with Crippen LogP contribution in [0.15, 0.2) is 72.8 Å². The highest BCUT2D eigenvalue weighted by molar-refractivity contribution is 6.11. The van der Waals surface area contributed by atoms with Gasteiger partial charge in [-0.25, -0.2) is 0 Å². The molecular weight excluding hydrogens is 446 g/mol. The molecule has 0 aliphatic carbocycles. The van der Waals surface area contributed by atoms with Crippen LogP contribution < -0.4 is 9.64 Å². The number of para-hydroxylation sites is 1. The molecule has 1 aliphatic heterocycles. The van der Waals surface area contributed by atoms with Crippen LogP contribution in [0.2, 0.25) is 0 Å². The van der Waals surface area contributed by atoms with Gasteiger partial charge in [-0.05, 0) is 75.1 Å². The molecule has 1 heterocycles. The molecular formula is C31H37N3O2. The SMILES string of the molecule is COc1ccccc1-c1ccc(C(=O)/C=C/c2cccc(CN(C)C)c2)c(N2CCCN(C)CC2)c1. The minimum absolute atomic E-state index is 0.0205. The summed E-state index contributed by atoms with van der Waals surface area (Å²) >= 11 is 0. The quantitative estimate of drug-likeness (QED) is 0.314. The summed E-state index contributed by atoms with van der Waals surface area (Å²) in [6, 6.07) is 22.5. The molecule has 0 aromatic heterocycles. The van der Waals surface area contributed by atoms with Gasteiger partial charge in [0.25, 0.3) is 0 Å². The molecule has 1 aliphatic rings. The summed E-state index contributed by atoms with van der Waals surface area (Å²) < 4.78 is 5.62. The van der Waals surface area contributed by atoms with E-state index < -0.39 is 0 Å². The Bertz CT molecular complexity index is 1220. The minimum atomic E-state index is 0.0205. The van der Waals surface area contributed by atoms with Crippen molar-refractivity contribution in [1.29, 1.82) is 0 Å². The zero-order valence-corrected chi connectivity index (χ0v) is 21.9. The van der Waals surface area contributed by atoms with Crippen LogP contribution in [0, 0.1) is 0 Å². The van der Waals surface area contributed by atoms with Crippen LogP contribution >= 0.6 is 0 Å². The second kappa shape index (κ2) is 12.0. The summed E-state index contributed by atoms with van der Waals surface area (Å²) in [7, 11) is 7.97. The van der Waals surface area contributed by atoms with Gasteiger partial charge in [0.2, 0.25) is 0 Å². The number of carbonyl (C=O) groups is 1. The van der Waals surface area contributed by atoms with Crippen LogP contribution in [-0.2, 0) is 6.54 Å². The lowest BCUT2D eigenvalue weighted by atomic mass is 9.98. The molecule has 36 heavy (non-hydrogen) atoms. The van der Waals surface area contributed by atoms with Crippen molar-refractivity contribution in [3.05, 3.63) is 89.5 Å². The number of carbonyl (C=O) groups excluding carboxylic acids is 1. The first kappa shape index (κ1) is 25.7. The van der Waals surface area contributed by atoms with Crippen LogP contribution in [0.4, 0.5) is 5.69 Å². The van der Waals surface area contributed by atoms with Gasteiger partial charge in [-0.15, -0.1) is 0 Å². The van der Waals surface area contributed by atoms with Crippen molar-refractivity contribution in [2.75, 3.05) is 59.3 Å². The van der Waals surface area contributed by atoms with E-state index in [2.05, 4.69) is 60.1 Å². The summed E-state index contributed by atoms with van der Waals surface area (Å²) in [6.45, 7) is 4.72. The molecule has 0 unspecified atom stereocenters. The number of allylic oxidation sites excluding steroid dienone is 1. The van der Waals surface area contributed by atoms with Crippen molar-refractivity contribution in [3.63, 3.8) is 0 Å². The van der Waals surface area contributed by atoms with Gasteiger partial charge in [0.05, 0.1) is 7.11 Å². The Morgan fingerprint density at radius 1 is 0.972 bits per heavy atom. The van der Waals surface area contributed by atoms with Crippen LogP contribution in [0.25, 0.3) is 17.2 Å². The number of hydrogen-bond donors (Lipinski definition) is 0. The molecule has 4 rings (SSSR count). The van der Waals surface area contributed by atoms with Gasteiger partial charge in [-0.1, -0.05) is 54.6 Å². The third-order valence-corrected chi connectivity index (χ3v) is 6.62. The zero-order chi connectivity index (χ0) is 25.5. The molecule has 5 nitrogen and oxygen atoms in total. The summed E-state index contributed by atoms with van der Waals surface area (Å²) in [5.41, 5.74) is 6.07. The van der Waals surface area contributed by atoms with Crippen LogP contribution in [0.3, 0.4) is 0 Å². The van der Waals surface area contributed by atoms with Gasteiger partial charge in [-0.3, -0.25) is 4.79 Å². The van der Waals surface area contributed by atoms with Crippen molar-refractivity contribution in [3.8, 4) is 16.9 Å². The fraction of sp³-hybridized carbons (Fsp3) is 0.323. The van der Waals surface area contributed by atoms with Crippen molar-refractivity contribution >= 4 is 17.5 Å². The van der Waals surface area contributed by atoms with Gasteiger partial charge >= 0.3 is 0 Å². The lowest BCUT2D eigenvalue weighted by Crippen LogP contribution is -2.29. The predicted molar refractivity (Wildman–Crippen MR) is 150 cm³/mol. The van der Waals surface area contributed by atoms with E-state index in [-0.39, 0.29) is 5.78 Å². The van der Waals surface area contributed by atoms with Crippen molar-refractivity contribution in [1.82, 2.24) is 9.80 Å². The maximum absolute atomic E-state index is 13.5. The fourth-order valence-electron chi connectivity index (χ4n) is 4.76. The highest BCUT2D eigenvalue weighted by Gasteiger charge is 2.20. The molecule has 0 bridgehead atoms. The van der Waals surface area contributed by atoms with E-state index in [4.69, 9.17) is 4.74 Å². The van der Waals surface area contributed by atoms with Crippen LogP contribution in [0.1, 0.15) is 27.9 Å². The van der Waals surface area contributed by atoms with Gasteiger partial charge in [-0.2, -0.15) is 0 Å². The first-order valence-corrected chi connectivity index (χ1v) is 12.6. The Hall–Kier alpha value is -3.41. The smallest absolute Gasteiger partial charge is 0.187 e. The molecule has 0 saturated carbocycles. The monoisotopic (exact) mass is 483 g/mol.